The minimum atomic E-state index is -0.724. The quantitative estimate of drug-likeness (QED) is 0.757. The summed E-state index contributed by atoms with van der Waals surface area (Å²) >= 11 is 0. The summed E-state index contributed by atoms with van der Waals surface area (Å²) in [6, 6.07) is 22.8. The molecule has 0 bridgehead atoms. The minimum absolute atomic E-state index is 0.724. The van der Waals surface area contributed by atoms with E-state index in [4.69, 9.17) is 0 Å². The predicted molar refractivity (Wildman–Crippen MR) is 98.7 cm³/mol. The molecule has 0 radical (unpaired) electrons. The van der Waals surface area contributed by atoms with Crippen molar-refractivity contribution in [1.82, 2.24) is 4.90 Å². The average molecular weight is 316 g/mol. The Hall–Kier alpha value is -2.37. The van der Waals surface area contributed by atoms with Gasteiger partial charge in [0.1, 0.15) is 5.41 Å². The largest absolute Gasteiger partial charge is 0.300 e. The van der Waals surface area contributed by atoms with E-state index in [9.17, 15) is 5.26 Å². The highest BCUT2D eigenvalue weighted by molar-refractivity contribution is 5.50. The van der Waals surface area contributed by atoms with Crippen LogP contribution in [0.1, 0.15) is 30.4 Å². The topological polar surface area (TPSA) is 27.0 Å². The van der Waals surface area contributed by atoms with E-state index in [2.05, 4.69) is 23.1 Å². The molecule has 122 valence electrons. The SMILES string of the molecule is N#CC(/C=C/CN1CCCCC1)(c1ccccc1)c1ccccc1. The molecule has 0 unspecified atom stereocenters. The lowest BCUT2D eigenvalue weighted by molar-refractivity contribution is 0.251. The smallest absolute Gasteiger partial charge is 0.125 e. The molecule has 1 saturated heterocycles. The number of benzene rings is 2. The van der Waals surface area contributed by atoms with Gasteiger partial charge in [0.25, 0.3) is 0 Å². The first-order chi connectivity index (χ1) is 11.8. The molecule has 1 heterocycles. The van der Waals surface area contributed by atoms with Gasteiger partial charge in [0.05, 0.1) is 6.07 Å². The van der Waals surface area contributed by atoms with E-state index in [1.54, 1.807) is 0 Å². The third kappa shape index (κ3) is 3.58. The van der Waals surface area contributed by atoms with Gasteiger partial charge in [-0.3, -0.25) is 4.90 Å². The molecular formula is C22H24N2. The molecule has 1 aliphatic heterocycles. The Morgan fingerprint density at radius 2 is 1.42 bits per heavy atom. The molecule has 0 amide bonds. The highest BCUT2D eigenvalue weighted by atomic mass is 15.1. The molecule has 0 aliphatic carbocycles. The van der Waals surface area contributed by atoms with Gasteiger partial charge in [-0.2, -0.15) is 5.26 Å². The van der Waals surface area contributed by atoms with Crippen LogP contribution in [0.2, 0.25) is 0 Å². The van der Waals surface area contributed by atoms with Crippen molar-refractivity contribution in [2.24, 2.45) is 0 Å². The molecular weight excluding hydrogens is 292 g/mol. The van der Waals surface area contributed by atoms with E-state index < -0.39 is 5.41 Å². The summed E-state index contributed by atoms with van der Waals surface area (Å²) in [5.74, 6) is 0. The fourth-order valence-electron chi connectivity index (χ4n) is 3.45. The van der Waals surface area contributed by atoms with Crippen molar-refractivity contribution in [3.63, 3.8) is 0 Å². The van der Waals surface area contributed by atoms with Crippen LogP contribution in [0.5, 0.6) is 0 Å². The lowest BCUT2D eigenvalue weighted by Gasteiger charge is -2.27. The fraction of sp³-hybridized carbons (Fsp3) is 0.318. The zero-order chi connectivity index (χ0) is 16.7. The number of rotatable bonds is 5. The standard InChI is InChI=1S/C22H24N2/c23-19-22(20-11-4-1-5-12-20,21-13-6-2-7-14-21)15-10-18-24-16-8-3-9-17-24/h1-2,4-7,10-15H,3,8-9,16-18H2/b15-10+. The maximum Gasteiger partial charge on any atom is 0.125 e. The molecule has 0 N–H and O–H groups in total. The third-order valence-corrected chi connectivity index (χ3v) is 4.81. The Kier molecular flexibility index (Phi) is 5.46. The molecule has 0 spiro atoms. The second-order valence-corrected chi connectivity index (χ2v) is 6.42. The van der Waals surface area contributed by atoms with E-state index in [1.807, 2.05) is 60.7 Å². The van der Waals surface area contributed by atoms with Gasteiger partial charge < -0.3 is 0 Å². The van der Waals surface area contributed by atoms with Crippen molar-refractivity contribution in [2.75, 3.05) is 19.6 Å². The van der Waals surface area contributed by atoms with E-state index in [0.717, 1.165) is 17.7 Å². The van der Waals surface area contributed by atoms with Crippen molar-refractivity contribution in [2.45, 2.75) is 24.7 Å². The molecule has 2 aromatic rings. The molecule has 0 aromatic heterocycles. The van der Waals surface area contributed by atoms with Gasteiger partial charge in [-0.05, 0) is 37.1 Å². The molecule has 1 aliphatic rings. The lowest BCUT2D eigenvalue weighted by Crippen LogP contribution is -2.30. The summed E-state index contributed by atoms with van der Waals surface area (Å²) in [6.07, 6.45) is 8.18. The molecule has 0 atom stereocenters. The zero-order valence-corrected chi connectivity index (χ0v) is 14.1. The van der Waals surface area contributed by atoms with Crippen molar-refractivity contribution in [3.05, 3.63) is 83.9 Å². The van der Waals surface area contributed by atoms with Crippen LogP contribution in [0.25, 0.3) is 0 Å². The van der Waals surface area contributed by atoms with E-state index in [1.165, 1.54) is 32.4 Å². The first kappa shape index (κ1) is 16.5. The Morgan fingerprint density at radius 1 is 0.875 bits per heavy atom. The van der Waals surface area contributed by atoms with Crippen molar-refractivity contribution in [1.29, 1.82) is 5.26 Å². The van der Waals surface area contributed by atoms with Gasteiger partial charge in [0, 0.05) is 6.54 Å². The molecule has 2 nitrogen and oxygen atoms in total. The van der Waals surface area contributed by atoms with Gasteiger partial charge in [0.15, 0.2) is 0 Å². The summed E-state index contributed by atoms with van der Waals surface area (Å²) in [5, 5.41) is 10.1. The number of likely N-dealkylation sites (tertiary alicyclic amines) is 1. The van der Waals surface area contributed by atoms with Gasteiger partial charge >= 0.3 is 0 Å². The fourth-order valence-corrected chi connectivity index (χ4v) is 3.45. The number of hydrogen-bond acceptors (Lipinski definition) is 2. The van der Waals surface area contributed by atoms with E-state index in [-0.39, 0.29) is 0 Å². The van der Waals surface area contributed by atoms with Crippen LogP contribution in [0.3, 0.4) is 0 Å². The summed E-state index contributed by atoms with van der Waals surface area (Å²) in [4.78, 5) is 2.47. The highest BCUT2D eigenvalue weighted by Gasteiger charge is 2.31. The van der Waals surface area contributed by atoms with E-state index >= 15 is 0 Å². The first-order valence-electron chi connectivity index (χ1n) is 8.77. The van der Waals surface area contributed by atoms with Gasteiger partial charge in [-0.1, -0.05) is 79.2 Å². The predicted octanol–water partition coefficient (Wildman–Crippen LogP) is 4.54. The third-order valence-electron chi connectivity index (χ3n) is 4.81. The van der Waals surface area contributed by atoms with Crippen LogP contribution < -0.4 is 0 Å². The average Bonchev–Trinajstić information content (AvgIpc) is 2.68. The maximum absolute atomic E-state index is 10.1. The normalized spacial score (nSPS) is 16.1. The maximum atomic E-state index is 10.1. The van der Waals surface area contributed by atoms with Crippen LogP contribution in [0.4, 0.5) is 0 Å². The Labute approximate surface area is 145 Å². The summed E-state index contributed by atoms with van der Waals surface area (Å²) < 4.78 is 0. The molecule has 0 saturated carbocycles. The van der Waals surface area contributed by atoms with Crippen molar-refractivity contribution in [3.8, 4) is 6.07 Å². The molecule has 3 rings (SSSR count). The van der Waals surface area contributed by atoms with Gasteiger partial charge in [0.2, 0.25) is 0 Å². The number of hydrogen-bond donors (Lipinski definition) is 0. The molecule has 1 fully saturated rings. The molecule has 2 aromatic carbocycles. The number of allylic oxidation sites excluding steroid dienone is 1. The monoisotopic (exact) mass is 316 g/mol. The van der Waals surface area contributed by atoms with Crippen LogP contribution in [-0.2, 0) is 5.41 Å². The number of piperidine rings is 1. The van der Waals surface area contributed by atoms with Crippen LogP contribution in [0.15, 0.2) is 72.8 Å². The Bertz CT molecular complexity index is 652. The Balaban J connectivity index is 1.91. The second-order valence-electron chi connectivity index (χ2n) is 6.42. The molecule has 24 heavy (non-hydrogen) atoms. The van der Waals surface area contributed by atoms with Gasteiger partial charge in [-0.25, -0.2) is 0 Å². The minimum Gasteiger partial charge on any atom is -0.300 e. The van der Waals surface area contributed by atoms with Crippen molar-refractivity contribution >= 4 is 0 Å². The summed E-state index contributed by atoms with van der Waals surface area (Å²) in [7, 11) is 0. The first-order valence-corrected chi connectivity index (χ1v) is 8.77. The number of nitrogens with zero attached hydrogens (tertiary/aromatic N) is 2. The number of nitriles is 1. The van der Waals surface area contributed by atoms with Crippen molar-refractivity contribution < 1.29 is 0 Å². The van der Waals surface area contributed by atoms with Crippen LogP contribution in [-0.4, -0.2) is 24.5 Å². The Morgan fingerprint density at radius 3 is 1.92 bits per heavy atom. The lowest BCUT2D eigenvalue weighted by atomic mass is 9.75. The highest BCUT2D eigenvalue weighted by Crippen LogP contribution is 2.33. The summed E-state index contributed by atoms with van der Waals surface area (Å²) in [6.45, 7) is 3.25. The van der Waals surface area contributed by atoms with Crippen LogP contribution >= 0.6 is 0 Å². The van der Waals surface area contributed by atoms with Crippen LogP contribution in [0, 0.1) is 11.3 Å². The zero-order valence-electron chi connectivity index (χ0n) is 14.1. The van der Waals surface area contributed by atoms with E-state index in [0.29, 0.717) is 0 Å². The van der Waals surface area contributed by atoms with Gasteiger partial charge in [-0.15, -0.1) is 0 Å². The second kappa shape index (κ2) is 7.95. The summed E-state index contributed by atoms with van der Waals surface area (Å²) in [5.41, 5.74) is 1.32. The molecule has 2 heteroatoms.